The molecule has 0 radical (unpaired) electrons. The summed E-state index contributed by atoms with van der Waals surface area (Å²) in [6.07, 6.45) is 0. The van der Waals surface area contributed by atoms with Crippen molar-refractivity contribution >= 4 is 23.5 Å². The van der Waals surface area contributed by atoms with Gasteiger partial charge in [0.25, 0.3) is 0 Å². The molecule has 156 valence electrons. The van der Waals surface area contributed by atoms with Gasteiger partial charge in [-0.15, -0.1) is 11.8 Å². The lowest BCUT2D eigenvalue weighted by atomic mass is 10.0. The molecule has 0 saturated carbocycles. The highest BCUT2D eigenvalue weighted by atomic mass is 32.2. The number of nitrogens with zero attached hydrogens (tertiary/aromatic N) is 2. The monoisotopic (exact) mass is 427 g/mol. The van der Waals surface area contributed by atoms with E-state index in [9.17, 15) is 14.3 Å². The Labute approximate surface area is 178 Å². The van der Waals surface area contributed by atoms with E-state index >= 15 is 0 Å². The van der Waals surface area contributed by atoms with Crippen molar-refractivity contribution in [1.29, 1.82) is 0 Å². The number of halogens is 1. The molecule has 2 heterocycles. The number of aryl methyl sites for hydroxylation is 1. The zero-order valence-corrected chi connectivity index (χ0v) is 17.7. The average molecular weight is 428 g/mol. The molecule has 30 heavy (non-hydrogen) atoms. The molecule has 2 atom stereocenters. The number of aromatic nitrogens is 2. The molecule has 1 amide bonds. The standard InChI is InChI=1S/C22H22FN3O3S/c1-4-29-18-11-14(5-10-17(18)27)20-19-12(2)25-26(16-8-6-15(23)7-9-16)21(19)24-22(28)13(3)30-20/h5-11,13,20,27H,4H2,1-3H3,(H,24,28)/t13-,20-/m0/s1. The van der Waals surface area contributed by atoms with Gasteiger partial charge in [0.1, 0.15) is 11.6 Å². The van der Waals surface area contributed by atoms with Crippen molar-refractivity contribution in [2.75, 3.05) is 11.9 Å². The first kappa shape index (κ1) is 20.3. The summed E-state index contributed by atoms with van der Waals surface area (Å²) < 4.78 is 20.6. The van der Waals surface area contributed by atoms with Crippen LogP contribution in [0.25, 0.3) is 5.69 Å². The first-order chi connectivity index (χ1) is 14.4. The number of carbonyl (C=O) groups is 1. The lowest BCUT2D eigenvalue weighted by Gasteiger charge is -2.19. The number of phenolic OH excluding ortho intramolecular Hbond substituents is 1. The van der Waals surface area contributed by atoms with Crippen LogP contribution in [0.2, 0.25) is 0 Å². The van der Waals surface area contributed by atoms with Gasteiger partial charge in [0.15, 0.2) is 11.5 Å². The van der Waals surface area contributed by atoms with Gasteiger partial charge in [-0.2, -0.15) is 5.10 Å². The lowest BCUT2D eigenvalue weighted by Crippen LogP contribution is -2.22. The molecule has 0 spiro atoms. The molecule has 1 aliphatic rings. The van der Waals surface area contributed by atoms with E-state index in [1.54, 1.807) is 28.9 Å². The smallest absolute Gasteiger partial charge is 0.238 e. The van der Waals surface area contributed by atoms with Gasteiger partial charge in [-0.25, -0.2) is 9.07 Å². The Morgan fingerprint density at radius 1 is 1.27 bits per heavy atom. The molecule has 6 nitrogen and oxygen atoms in total. The Kier molecular flexibility index (Phi) is 5.42. The first-order valence-corrected chi connectivity index (χ1v) is 10.6. The van der Waals surface area contributed by atoms with E-state index in [4.69, 9.17) is 4.74 Å². The Hall–Kier alpha value is -3.00. The van der Waals surface area contributed by atoms with Crippen molar-refractivity contribution in [2.45, 2.75) is 31.3 Å². The molecule has 8 heteroatoms. The normalized spacial score (nSPS) is 18.5. The van der Waals surface area contributed by atoms with Crippen molar-refractivity contribution < 1.29 is 19.0 Å². The summed E-state index contributed by atoms with van der Waals surface area (Å²) in [4.78, 5) is 12.7. The van der Waals surface area contributed by atoms with Gasteiger partial charge >= 0.3 is 0 Å². The zero-order valence-electron chi connectivity index (χ0n) is 16.8. The van der Waals surface area contributed by atoms with Crippen LogP contribution >= 0.6 is 11.8 Å². The Bertz CT molecular complexity index is 1100. The van der Waals surface area contributed by atoms with Crippen LogP contribution in [0.15, 0.2) is 42.5 Å². The first-order valence-electron chi connectivity index (χ1n) is 9.66. The van der Waals surface area contributed by atoms with Crippen molar-refractivity contribution in [1.82, 2.24) is 9.78 Å². The summed E-state index contributed by atoms with van der Waals surface area (Å²) in [6, 6.07) is 11.2. The molecular formula is C22H22FN3O3S. The summed E-state index contributed by atoms with van der Waals surface area (Å²) in [7, 11) is 0. The molecule has 4 rings (SSSR count). The van der Waals surface area contributed by atoms with Crippen molar-refractivity contribution in [2.24, 2.45) is 0 Å². The van der Waals surface area contributed by atoms with Gasteiger partial charge < -0.3 is 15.2 Å². The van der Waals surface area contributed by atoms with Gasteiger partial charge in [0.05, 0.1) is 28.5 Å². The molecule has 1 aliphatic heterocycles. The molecule has 0 aliphatic carbocycles. The van der Waals surface area contributed by atoms with Crippen LogP contribution < -0.4 is 10.1 Å². The molecule has 2 N–H and O–H groups in total. The SMILES string of the molecule is CCOc1cc([C@@H]2S[C@@H](C)C(=O)Nc3c2c(C)nn3-c2ccc(F)cc2)ccc1O. The predicted molar refractivity (Wildman–Crippen MR) is 115 cm³/mol. The van der Waals surface area contributed by atoms with Crippen molar-refractivity contribution in [3.8, 4) is 17.2 Å². The predicted octanol–water partition coefficient (Wildman–Crippen LogP) is 4.59. The molecule has 3 aromatic rings. The summed E-state index contributed by atoms with van der Waals surface area (Å²) in [5, 5.41) is 17.2. The molecule has 1 aromatic heterocycles. The number of ether oxygens (including phenoxy) is 1. The summed E-state index contributed by atoms with van der Waals surface area (Å²) in [5.74, 6) is 0.567. The van der Waals surface area contributed by atoms with Gasteiger partial charge in [-0.3, -0.25) is 4.79 Å². The molecule has 0 unspecified atom stereocenters. The summed E-state index contributed by atoms with van der Waals surface area (Å²) in [5.41, 5.74) is 3.18. The zero-order chi connectivity index (χ0) is 21.4. The Balaban J connectivity index is 1.88. The summed E-state index contributed by atoms with van der Waals surface area (Å²) >= 11 is 1.51. The second kappa shape index (κ2) is 8.02. The number of fused-ring (bicyclic) bond motifs is 1. The average Bonchev–Trinajstić information content (AvgIpc) is 2.96. The minimum atomic E-state index is -0.340. The second-order valence-corrected chi connectivity index (χ2v) is 8.49. The highest BCUT2D eigenvalue weighted by molar-refractivity contribution is 8.01. The minimum absolute atomic E-state index is 0.0698. The number of phenols is 1. The van der Waals surface area contributed by atoms with E-state index in [2.05, 4.69) is 10.4 Å². The molecular weight excluding hydrogens is 405 g/mol. The van der Waals surface area contributed by atoms with Gasteiger partial charge in [-0.1, -0.05) is 6.07 Å². The lowest BCUT2D eigenvalue weighted by molar-refractivity contribution is -0.115. The number of carbonyl (C=O) groups excluding carboxylic acids is 1. The number of nitrogens with one attached hydrogen (secondary N) is 1. The quantitative estimate of drug-likeness (QED) is 0.637. The van der Waals surface area contributed by atoms with Crippen LogP contribution in [0.5, 0.6) is 11.5 Å². The number of hydrogen-bond acceptors (Lipinski definition) is 5. The highest BCUT2D eigenvalue weighted by Gasteiger charge is 2.34. The number of amides is 1. The fourth-order valence-corrected chi connectivity index (χ4v) is 4.82. The maximum atomic E-state index is 13.4. The maximum Gasteiger partial charge on any atom is 0.238 e. The number of hydrogen-bond donors (Lipinski definition) is 2. The molecule has 0 saturated heterocycles. The van der Waals surface area contributed by atoms with E-state index in [1.165, 1.54) is 23.9 Å². The van der Waals surface area contributed by atoms with Crippen LogP contribution in [0.4, 0.5) is 10.2 Å². The van der Waals surface area contributed by atoms with Gasteiger partial charge in [-0.05, 0) is 62.7 Å². The fourth-order valence-electron chi connectivity index (χ4n) is 3.51. The van der Waals surface area contributed by atoms with E-state index in [0.717, 1.165) is 16.8 Å². The highest BCUT2D eigenvalue weighted by Crippen LogP contribution is 2.47. The van der Waals surface area contributed by atoms with Crippen LogP contribution in [-0.2, 0) is 4.79 Å². The van der Waals surface area contributed by atoms with Crippen LogP contribution in [0.1, 0.15) is 35.9 Å². The fraction of sp³-hybridized carbons (Fsp3) is 0.273. The van der Waals surface area contributed by atoms with E-state index in [-0.39, 0.29) is 28.0 Å². The Morgan fingerprint density at radius 2 is 2.00 bits per heavy atom. The third-order valence-corrected chi connectivity index (χ3v) is 6.38. The third-order valence-electron chi connectivity index (χ3n) is 4.98. The van der Waals surface area contributed by atoms with Crippen molar-refractivity contribution in [3.63, 3.8) is 0 Å². The van der Waals surface area contributed by atoms with Gasteiger partial charge in [0.2, 0.25) is 5.91 Å². The van der Waals surface area contributed by atoms with E-state index in [1.807, 2.05) is 26.8 Å². The third kappa shape index (κ3) is 3.63. The van der Waals surface area contributed by atoms with E-state index in [0.29, 0.717) is 23.9 Å². The van der Waals surface area contributed by atoms with Crippen LogP contribution in [-0.4, -0.2) is 32.7 Å². The molecule has 2 aromatic carbocycles. The molecule has 0 bridgehead atoms. The van der Waals surface area contributed by atoms with Crippen LogP contribution in [0.3, 0.4) is 0 Å². The van der Waals surface area contributed by atoms with Crippen molar-refractivity contribution in [3.05, 3.63) is 65.1 Å². The Morgan fingerprint density at radius 3 is 2.70 bits per heavy atom. The molecule has 0 fully saturated rings. The minimum Gasteiger partial charge on any atom is -0.504 e. The van der Waals surface area contributed by atoms with E-state index < -0.39 is 0 Å². The van der Waals surface area contributed by atoms with Crippen LogP contribution in [0, 0.1) is 12.7 Å². The number of thioether (sulfide) groups is 1. The largest absolute Gasteiger partial charge is 0.504 e. The number of rotatable bonds is 4. The summed E-state index contributed by atoms with van der Waals surface area (Å²) in [6.45, 7) is 6.02. The van der Waals surface area contributed by atoms with Gasteiger partial charge in [0, 0.05) is 5.56 Å². The number of benzene rings is 2. The number of aromatic hydroxyl groups is 1. The topological polar surface area (TPSA) is 76.4 Å². The second-order valence-electron chi connectivity index (χ2n) is 7.04. The number of anilines is 1. The maximum absolute atomic E-state index is 13.4.